The smallest absolute Gasteiger partial charge is 0.338 e. The molecular weight excluding hydrogens is 477 g/mol. The number of unbranched alkanes of at least 4 members (excludes halogenated alkanes) is 12. The first-order valence-corrected chi connectivity index (χ1v) is 15.6. The monoisotopic (exact) mass is 534 g/mol. The lowest BCUT2D eigenvalue weighted by atomic mass is 10.1. The molecule has 0 fully saturated rings. The van der Waals surface area contributed by atoms with Crippen LogP contribution >= 0.6 is 7.82 Å². The van der Waals surface area contributed by atoms with E-state index < -0.39 is 7.82 Å². The van der Waals surface area contributed by atoms with E-state index in [2.05, 4.69) is 24.4 Å². The molecule has 2 amide bonds. The molecule has 0 aliphatic rings. The van der Waals surface area contributed by atoms with Gasteiger partial charge >= 0.3 is 13.9 Å². The third-order valence-corrected chi connectivity index (χ3v) is 7.03. The van der Waals surface area contributed by atoms with E-state index in [-0.39, 0.29) is 25.8 Å². The van der Waals surface area contributed by atoms with Gasteiger partial charge in [0.2, 0.25) is 0 Å². The molecule has 36 heavy (non-hydrogen) atoms. The fraction of sp³-hybridized carbons (Fsp3) is 0.889. The first-order chi connectivity index (χ1) is 17.1. The molecule has 0 heterocycles. The lowest BCUT2D eigenvalue weighted by molar-refractivity contribution is -0.870. The van der Waals surface area contributed by atoms with Crippen molar-refractivity contribution in [2.45, 2.75) is 96.8 Å². The number of phosphoric ester groups is 1. The third-order valence-electron chi connectivity index (χ3n) is 6.01. The molecular formula is C27H57N3O5P+. The Morgan fingerprint density at radius 3 is 1.92 bits per heavy atom. The summed E-state index contributed by atoms with van der Waals surface area (Å²) in [5.74, 6) is 0. The summed E-state index contributed by atoms with van der Waals surface area (Å²) in [6.07, 6.45) is 22.3. The summed E-state index contributed by atoms with van der Waals surface area (Å²) >= 11 is 0. The maximum Gasteiger partial charge on any atom is 0.472 e. The Hall–Kier alpha value is -0.920. The summed E-state index contributed by atoms with van der Waals surface area (Å²) in [5.41, 5.74) is 0. The molecule has 0 aliphatic carbocycles. The highest BCUT2D eigenvalue weighted by molar-refractivity contribution is 7.47. The van der Waals surface area contributed by atoms with E-state index in [0.29, 0.717) is 17.6 Å². The van der Waals surface area contributed by atoms with Crippen molar-refractivity contribution in [2.24, 2.45) is 0 Å². The van der Waals surface area contributed by atoms with Gasteiger partial charge in [0.15, 0.2) is 0 Å². The summed E-state index contributed by atoms with van der Waals surface area (Å²) in [4.78, 5) is 23.3. The Morgan fingerprint density at radius 1 is 0.861 bits per heavy atom. The summed E-state index contributed by atoms with van der Waals surface area (Å²) < 4.78 is 22.4. The number of phosphoric acid groups is 1. The van der Waals surface area contributed by atoms with Gasteiger partial charge in [-0.3, -0.25) is 9.05 Å². The van der Waals surface area contributed by atoms with E-state index in [1.807, 2.05) is 21.1 Å². The SMILES string of the molecule is CCCCCCCC/C=C\CCCCCCCCNC(=O)N(C)CCOP(=O)(O)OCC[N+](C)(C)C. The molecule has 0 aliphatic heterocycles. The van der Waals surface area contributed by atoms with Crippen LogP contribution in [-0.4, -0.2) is 81.3 Å². The normalized spacial score (nSPS) is 13.7. The van der Waals surface area contributed by atoms with E-state index in [1.165, 1.54) is 81.9 Å². The number of carbonyl (C=O) groups excluding carboxylic acids is 1. The van der Waals surface area contributed by atoms with Crippen LogP contribution < -0.4 is 5.32 Å². The maximum absolute atomic E-state index is 12.1. The van der Waals surface area contributed by atoms with E-state index >= 15 is 0 Å². The minimum atomic E-state index is -4.09. The predicted molar refractivity (Wildman–Crippen MR) is 150 cm³/mol. The number of hydrogen-bond acceptors (Lipinski definition) is 4. The molecule has 0 spiro atoms. The van der Waals surface area contributed by atoms with Crippen molar-refractivity contribution < 1.29 is 27.8 Å². The molecule has 0 bridgehead atoms. The summed E-state index contributed by atoms with van der Waals surface area (Å²) in [5, 5.41) is 2.89. The topological polar surface area (TPSA) is 88.1 Å². The molecule has 0 aromatic heterocycles. The molecule has 2 N–H and O–H groups in total. The lowest BCUT2D eigenvalue weighted by Crippen LogP contribution is -2.39. The highest BCUT2D eigenvalue weighted by Crippen LogP contribution is 2.42. The summed E-state index contributed by atoms with van der Waals surface area (Å²) in [6, 6.07) is -0.204. The van der Waals surface area contributed by atoms with Crippen molar-refractivity contribution in [3.63, 3.8) is 0 Å². The number of nitrogens with one attached hydrogen (secondary N) is 1. The van der Waals surface area contributed by atoms with Gasteiger partial charge in [0.25, 0.3) is 0 Å². The van der Waals surface area contributed by atoms with Crippen molar-refractivity contribution in [3.8, 4) is 0 Å². The van der Waals surface area contributed by atoms with Gasteiger partial charge in [0, 0.05) is 20.1 Å². The van der Waals surface area contributed by atoms with Gasteiger partial charge in [-0.25, -0.2) is 9.36 Å². The molecule has 0 saturated heterocycles. The lowest BCUT2D eigenvalue weighted by Gasteiger charge is -2.24. The maximum atomic E-state index is 12.1. The number of urea groups is 1. The number of hydrogen-bond donors (Lipinski definition) is 2. The number of amides is 2. The van der Waals surface area contributed by atoms with Crippen LogP contribution in [-0.2, 0) is 13.6 Å². The van der Waals surface area contributed by atoms with E-state index in [4.69, 9.17) is 9.05 Å². The molecule has 1 atom stereocenters. The van der Waals surface area contributed by atoms with Crippen molar-refractivity contribution in [3.05, 3.63) is 12.2 Å². The third kappa shape index (κ3) is 24.8. The average Bonchev–Trinajstić information content (AvgIpc) is 2.79. The molecule has 8 nitrogen and oxygen atoms in total. The molecule has 0 saturated carbocycles. The molecule has 0 rings (SSSR count). The minimum Gasteiger partial charge on any atom is -0.338 e. The van der Waals surface area contributed by atoms with Crippen LogP contribution in [0.4, 0.5) is 4.79 Å². The quantitative estimate of drug-likeness (QED) is 0.0638. The number of likely N-dealkylation sites (N-methyl/N-ethyl adjacent to an activating group) is 2. The standard InChI is InChI=1S/C27H56N3O5P/c1-6-7-8-9-10-11-12-13-14-15-16-17-18-19-20-21-22-28-27(31)29(2)23-25-34-36(32,33)35-26-24-30(3,4)5/h13-14H,6-12,15-26H2,1-5H3,(H-,28,31,32,33)/p+1/b14-13-. The Kier molecular flexibility index (Phi) is 21.5. The Labute approximate surface area is 222 Å². The number of allylic oxidation sites excluding steroid dienone is 2. The first-order valence-electron chi connectivity index (χ1n) is 14.1. The van der Waals surface area contributed by atoms with Crippen LogP contribution in [0.1, 0.15) is 96.8 Å². The van der Waals surface area contributed by atoms with Gasteiger partial charge in [-0.15, -0.1) is 0 Å². The zero-order valence-corrected chi connectivity index (χ0v) is 24.9. The van der Waals surface area contributed by atoms with Gasteiger partial charge in [-0.1, -0.05) is 76.9 Å². The zero-order valence-electron chi connectivity index (χ0n) is 24.0. The number of nitrogens with zero attached hydrogens (tertiary/aromatic N) is 2. The van der Waals surface area contributed by atoms with Crippen LogP contribution in [0.25, 0.3) is 0 Å². The molecule has 0 aromatic rings. The highest BCUT2D eigenvalue weighted by Gasteiger charge is 2.22. The Morgan fingerprint density at radius 2 is 1.36 bits per heavy atom. The van der Waals surface area contributed by atoms with Crippen molar-refractivity contribution in [2.75, 3.05) is 61.0 Å². The van der Waals surface area contributed by atoms with Crippen LogP contribution in [0, 0.1) is 0 Å². The van der Waals surface area contributed by atoms with Crippen molar-refractivity contribution >= 4 is 13.9 Å². The molecule has 9 heteroatoms. The number of carbonyl (C=O) groups is 1. The van der Waals surface area contributed by atoms with Gasteiger partial charge in [0.05, 0.1) is 27.7 Å². The van der Waals surface area contributed by atoms with E-state index in [1.54, 1.807) is 7.05 Å². The Bertz CT molecular complexity index is 611. The molecule has 214 valence electrons. The second kappa shape index (κ2) is 22.1. The largest absolute Gasteiger partial charge is 0.472 e. The molecule has 0 radical (unpaired) electrons. The second-order valence-electron chi connectivity index (χ2n) is 10.7. The highest BCUT2D eigenvalue weighted by atomic mass is 31.2. The summed E-state index contributed by atoms with van der Waals surface area (Å²) in [7, 11) is 3.46. The molecule has 0 aromatic carbocycles. The van der Waals surface area contributed by atoms with Crippen LogP contribution in [0.2, 0.25) is 0 Å². The second-order valence-corrected chi connectivity index (χ2v) is 12.2. The van der Waals surface area contributed by atoms with Crippen LogP contribution in [0.5, 0.6) is 0 Å². The van der Waals surface area contributed by atoms with Gasteiger partial charge in [-0.2, -0.15) is 0 Å². The fourth-order valence-corrected chi connectivity index (χ4v) is 4.26. The van der Waals surface area contributed by atoms with Crippen LogP contribution in [0.3, 0.4) is 0 Å². The van der Waals surface area contributed by atoms with E-state index in [0.717, 1.165) is 12.8 Å². The van der Waals surface area contributed by atoms with Crippen molar-refractivity contribution in [1.29, 1.82) is 0 Å². The number of rotatable bonds is 24. The van der Waals surface area contributed by atoms with Gasteiger partial charge < -0.3 is 19.6 Å². The van der Waals surface area contributed by atoms with Crippen LogP contribution in [0.15, 0.2) is 12.2 Å². The Balaban J connectivity index is 3.57. The summed E-state index contributed by atoms with van der Waals surface area (Å²) in [6.45, 7) is 3.77. The van der Waals surface area contributed by atoms with Gasteiger partial charge in [0.1, 0.15) is 13.2 Å². The predicted octanol–water partition coefficient (Wildman–Crippen LogP) is 6.51. The van der Waals surface area contributed by atoms with Crippen molar-refractivity contribution in [1.82, 2.24) is 10.2 Å². The zero-order chi connectivity index (χ0) is 27.1. The first kappa shape index (κ1) is 35.1. The molecule has 1 unspecified atom stereocenters. The fourth-order valence-electron chi connectivity index (χ4n) is 3.56. The van der Waals surface area contributed by atoms with E-state index in [9.17, 15) is 14.3 Å². The average molecular weight is 535 g/mol. The minimum absolute atomic E-state index is 0.0592. The number of quaternary nitrogens is 1. The van der Waals surface area contributed by atoms with Gasteiger partial charge in [-0.05, 0) is 32.1 Å².